The van der Waals surface area contributed by atoms with Crippen LogP contribution < -0.4 is 0 Å². The van der Waals surface area contributed by atoms with Crippen molar-refractivity contribution in [3.05, 3.63) is 35.6 Å². The number of benzene rings is 1. The fourth-order valence-electron chi connectivity index (χ4n) is 3.40. The molecule has 0 N–H and O–H groups in total. The highest BCUT2D eigenvalue weighted by atomic mass is 32.2. The van der Waals surface area contributed by atoms with E-state index in [1.807, 2.05) is 0 Å². The van der Waals surface area contributed by atoms with Gasteiger partial charge >= 0.3 is 0 Å². The van der Waals surface area contributed by atoms with E-state index in [2.05, 4.69) is 0 Å². The molecule has 0 saturated carbocycles. The Morgan fingerprint density at radius 2 is 1.74 bits per heavy atom. The van der Waals surface area contributed by atoms with Crippen molar-refractivity contribution in [3.63, 3.8) is 0 Å². The first-order valence-electron chi connectivity index (χ1n) is 8.55. The van der Waals surface area contributed by atoms with Gasteiger partial charge < -0.3 is 14.5 Å². The molecule has 1 aromatic rings. The van der Waals surface area contributed by atoms with E-state index in [0.29, 0.717) is 5.56 Å². The van der Waals surface area contributed by atoms with Gasteiger partial charge in [-0.15, -0.1) is 0 Å². The Labute approximate surface area is 157 Å². The number of amides is 2. The minimum absolute atomic E-state index is 0.214. The number of rotatable bonds is 3. The van der Waals surface area contributed by atoms with Crippen LogP contribution in [0.15, 0.2) is 24.3 Å². The Balaban J connectivity index is 1.79. The number of morpholine rings is 1. The van der Waals surface area contributed by atoms with E-state index in [1.165, 1.54) is 33.5 Å². The number of carbonyl (C=O) groups is 2. The molecule has 0 spiro atoms. The van der Waals surface area contributed by atoms with Crippen LogP contribution in [0.5, 0.6) is 0 Å². The van der Waals surface area contributed by atoms with Gasteiger partial charge in [-0.2, -0.15) is 4.31 Å². The molecule has 0 aromatic heterocycles. The summed E-state index contributed by atoms with van der Waals surface area (Å²) in [6, 6.07) is 4.93. The molecular weight excluding hydrogens is 377 g/mol. The van der Waals surface area contributed by atoms with E-state index in [9.17, 15) is 22.4 Å². The van der Waals surface area contributed by atoms with Crippen molar-refractivity contribution in [1.29, 1.82) is 0 Å². The zero-order chi connectivity index (χ0) is 19.8. The Kier molecular flexibility index (Phi) is 5.50. The van der Waals surface area contributed by atoms with Crippen molar-refractivity contribution in [2.45, 2.75) is 12.1 Å². The van der Waals surface area contributed by atoms with Crippen molar-refractivity contribution in [2.24, 2.45) is 0 Å². The lowest BCUT2D eigenvalue weighted by Gasteiger charge is -2.41. The molecule has 0 radical (unpaired) electrons. The monoisotopic (exact) mass is 399 g/mol. The molecule has 2 aliphatic heterocycles. The molecule has 2 aliphatic rings. The molecule has 2 amide bonds. The van der Waals surface area contributed by atoms with E-state index >= 15 is 0 Å². The number of likely N-dealkylation sites (N-methyl/N-ethyl adjacent to an activating group) is 1. The minimum atomic E-state index is -3.30. The third kappa shape index (κ3) is 4.12. The maximum absolute atomic E-state index is 13.3. The molecule has 1 aromatic carbocycles. The average molecular weight is 399 g/mol. The summed E-state index contributed by atoms with van der Waals surface area (Å²) >= 11 is 0. The zero-order valence-corrected chi connectivity index (χ0v) is 16.0. The Morgan fingerprint density at radius 1 is 1.15 bits per heavy atom. The Bertz CT molecular complexity index is 821. The second-order valence-corrected chi connectivity index (χ2v) is 8.70. The summed E-state index contributed by atoms with van der Waals surface area (Å²) in [6.45, 7) is 0.716. The van der Waals surface area contributed by atoms with Crippen LogP contribution in [-0.2, 0) is 24.3 Å². The number of ether oxygens (including phenoxy) is 1. The summed E-state index contributed by atoms with van der Waals surface area (Å²) in [5.41, 5.74) is 0.597. The summed E-state index contributed by atoms with van der Waals surface area (Å²) in [6.07, 6.45) is 0.211. The van der Waals surface area contributed by atoms with E-state index in [-0.39, 0.29) is 44.6 Å². The van der Waals surface area contributed by atoms with Crippen LogP contribution >= 0.6 is 0 Å². The van der Waals surface area contributed by atoms with Gasteiger partial charge in [0, 0.05) is 33.2 Å². The normalized spacial score (nSPS) is 24.9. The van der Waals surface area contributed by atoms with Crippen molar-refractivity contribution in [2.75, 3.05) is 46.1 Å². The zero-order valence-electron chi connectivity index (χ0n) is 15.2. The van der Waals surface area contributed by atoms with Crippen molar-refractivity contribution >= 4 is 21.8 Å². The van der Waals surface area contributed by atoms with Crippen LogP contribution in [-0.4, -0.2) is 86.5 Å². The van der Waals surface area contributed by atoms with E-state index in [4.69, 9.17) is 4.74 Å². The SMILES string of the molecule is CN1C(=O)COC(C(=O)N2CCN(S(C)(=O)=O)CC2)C1c1ccc(F)cc1. The number of piperazine rings is 1. The van der Waals surface area contributed by atoms with Crippen LogP contribution in [0.25, 0.3) is 0 Å². The topological polar surface area (TPSA) is 87.2 Å². The predicted octanol–water partition coefficient (Wildman–Crippen LogP) is -0.172. The summed E-state index contributed by atoms with van der Waals surface area (Å²) in [7, 11) is -1.71. The van der Waals surface area contributed by atoms with Gasteiger partial charge in [0.25, 0.3) is 5.91 Å². The summed E-state index contributed by atoms with van der Waals surface area (Å²) < 4.78 is 43.4. The van der Waals surface area contributed by atoms with E-state index in [1.54, 1.807) is 11.9 Å². The largest absolute Gasteiger partial charge is 0.356 e. The van der Waals surface area contributed by atoms with Gasteiger partial charge in [-0.3, -0.25) is 9.59 Å². The highest BCUT2D eigenvalue weighted by Crippen LogP contribution is 2.30. The van der Waals surface area contributed by atoms with Crippen molar-refractivity contribution in [1.82, 2.24) is 14.1 Å². The molecule has 2 fully saturated rings. The molecular formula is C17H22FN3O5S. The highest BCUT2D eigenvalue weighted by molar-refractivity contribution is 7.88. The minimum Gasteiger partial charge on any atom is -0.356 e. The van der Waals surface area contributed by atoms with Gasteiger partial charge in [0.05, 0.1) is 12.3 Å². The summed E-state index contributed by atoms with van der Waals surface area (Å²) in [5, 5.41) is 0. The van der Waals surface area contributed by atoms with Crippen LogP contribution in [0.4, 0.5) is 4.39 Å². The number of carbonyl (C=O) groups excluding carboxylic acids is 2. The molecule has 0 aliphatic carbocycles. The maximum Gasteiger partial charge on any atom is 0.254 e. The summed E-state index contributed by atoms with van der Waals surface area (Å²) in [5.74, 6) is -0.990. The van der Waals surface area contributed by atoms with Crippen LogP contribution in [0.2, 0.25) is 0 Å². The fraction of sp³-hybridized carbons (Fsp3) is 0.529. The van der Waals surface area contributed by atoms with Crippen molar-refractivity contribution < 1.29 is 27.1 Å². The standard InChI is InChI=1S/C17H22FN3O5S/c1-19-14(22)11-26-16(15(19)12-3-5-13(18)6-4-12)17(23)20-7-9-21(10-8-20)27(2,24)25/h3-6,15-16H,7-11H2,1-2H3. The van der Waals surface area contributed by atoms with Gasteiger partial charge in [0.1, 0.15) is 12.4 Å². The maximum atomic E-state index is 13.3. The Morgan fingerprint density at radius 3 is 2.30 bits per heavy atom. The molecule has 10 heteroatoms. The second kappa shape index (κ2) is 7.53. The van der Waals surface area contributed by atoms with Crippen LogP contribution in [0.3, 0.4) is 0 Å². The number of nitrogens with zero attached hydrogens (tertiary/aromatic N) is 3. The first kappa shape index (κ1) is 19.7. The average Bonchev–Trinajstić information content (AvgIpc) is 2.63. The molecule has 2 unspecified atom stereocenters. The van der Waals surface area contributed by atoms with Crippen LogP contribution in [0, 0.1) is 5.82 Å². The van der Waals surface area contributed by atoms with Gasteiger partial charge in [-0.25, -0.2) is 12.8 Å². The second-order valence-electron chi connectivity index (χ2n) is 6.72. The third-order valence-corrected chi connectivity index (χ3v) is 6.26. The molecule has 2 atom stereocenters. The van der Waals surface area contributed by atoms with Gasteiger partial charge in [0.2, 0.25) is 15.9 Å². The fourth-order valence-corrected chi connectivity index (χ4v) is 4.22. The number of hydrogen-bond acceptors (Lipinski definition) is 5. The molecule has 0 bridgehead atoms. The molecule has 148 valence electrons. The predicted molar refractivity (Wildman–Crippen MR) is 94.6 cm³/mol. The van der Waals surface area contributed by atoms with E-state index < -0.39 is 28.0 Å². The van der Waals surface area contributed by atoms with Crippen molar-refractivity contribution in [3.8, 4) is 0 Å². The smallest absolute Gasteiger partial charge is 0.254 e. The van der Waals surface area contributed by atoms with E-state index in [0.717, 1.165) is 6.26 Å². The molecule has 8 nitrogen and oxygen atoms in total. The molecule has 2 heterocycles. The highest BCUT2D eigenvalue weighted by Gasteiger charge is 2.42. The Hall–Kier alpha value is -2.04. The number of hydrogen-bond donors (Lipinski definition) is 0. The quantitative estimate of drug-likeness (QED) is 0.704. The first-order valence-corrected chi connectivity index (χ1v) is 10.4. The lowest BCUT2D eigenvalue weighted by atomic mass is 9.97. The van der Waals surface area contributed by atoms with Gasteiger partial charge in [-0.05, 0) is 17.7 Å². The summed E-state index contributed by atoms with van der Waals surface area (Å²) in [4.78, 5) is 28.1. The van der Waals surface area contributed by atoms with Gasteiger partial charge in [0.15, 0.2) is 6.10 Å². The molecule has 2 saturated heterocycles. The third-order valence-electron chi connectivity index (χ3n) is 4.96. The molecule has 27 heavy (non-hydrogen) atoms. The lowest BCUT2D eigenvalue weighted by Crippen LogP contribution is -2.57. The van der Waals surface area contributed by atoms with Gasteiger partial charge in [-0.1, -0.05) is 12.1 Å². The number of halogens is 1. The van der Waals surface area contributed by atoms with Crippen LogP contribution in [0.1, 0.15) is 11.6 Å². The lowest BCUT2D eigenvalue weighted by molar-refractivity contribution is -0.168. The first-order chi connectivity index (χ1) is 12.7. The molecule has 3 rings (SSSR count). The number of sulfonamides is 1.